The van der Waals surface area contributed by atoms with Gasteiger partial charge in [-0.2, -0.15) is 0 Å². The molecular formula is C19H21NO3. The van der Waals surface area contributed by atoms with E-state index in [-0.39, 0.29) is 11.6 Å². The highest BCUT2D eigenvalue weighted by Crippen LogP contribution is 2.39. The number of rotatable bonds is 6. The molecule has 2 aromatic carbocycles. The number of ether oxygens (including phenoxy) is 2. The van der Waals surface area contributed by atoms with Crippen molar-refractivity contribution in [1.29, 1.82) is 0 Å². The van der Waals surface area contributed by atoms with Gasteiger partial charge in [0, 0.05) is 5.54 Å². The van der Waals surface area contributed by atoms with Crippen LogP contribution in [0.5, 0.6) is 5.75 Å². The van der Waals surface area contributed by atoms with Gasteiger partial charge in [-0.05, 0) is 42.5 Å². The quantitative estimate of drug-likeness (QED) is 0.885. The number of amides is 1. The third-order valence-electron chi connectivity index (χ3n) is 4.14. The van der Waals surface area contributed by atoms with E-state index in [2.05, 4.69) is 5.32 Å². The van der Waals surface area contributed by atoms with Crippen LogP contribution in [0.4, 0.5) is 4.79 Å². The first-order valence-electron chi connectivity index (χ1n) is 7.81. The maximum absolute atomic E-state index is 12.0. The van der Waals surface area contributed by atoms with E-state index >= 15 is 0 Å². The van der Waals surface area contributed by atoms with Gasteiger partial charge in [-0.15, -0.1) is 0 Å². The number of benzene rings is 2. The van der Waals surface area contributed by atoms with Gasteiger partial charge in [0.1, 0.15) is 12.4 Å². The SMILES string of the molecule is COc1ccc(CC2(NC(=O)OCc3ccccc3)CC2)cc1. The number of methoxy groups -OCH3 is 1. The average Bonchev–Trinajstić information content (AvgIpc) is 3.33. The molecule has 1 aliphatic rings. The normalized spacial score (nSPS) is 14.8. The Kier molecular flexibility index (Phi) is 4.51. The molecule has 1 saturated carbocycles. The highest BCUT2D eigenvalue weighted by molar-refractivity contribution is 5.69. The van der Waals surface area contributed by atoms with Crippen LogP contribution in [-0.4, -0.2) is 18.7 Å². The summed E-state index contributed by atoms with van der Waals surface area (Å²) in [5.74, 6) is 0.842. The molecule has 0 spiro atoms. The van der Waals surface area contributed by atoms with E-state index in [4.69, 9.17) is 9.47 Å². The summed E-state index contributed by atoms with van der Waals surface area (Å²) in [5.41, 5.74) is 2.02. The summed E-state index contributed by atoms with van der Waals surface area (Å²) in [6.07, 6.45) is 2.44. The number of hydrogen-bond acceptors (Lipinski definition) is 3. The van der Waals surface area contributed by atoms with E-state index in [1.807, 2.05) is 54.6 Å². The first-order valence-corrected chi connectivity index (χ1v) is 7.81. The summed E-state index contributed by atoms with van der Waals surface area (Å²) in [6, 6.07) is 17.7. The molecule has 0 aromatic heterocycles. The monoisotopic (exact) mass is 311 g/mol. The Morgan fingerprint density at radius 2 is 1.74 bits per heavy atom. The van der Waals surface area contributed by atoms with Crippen LogP contribution in [0, 0.1) is 0 Å². The molecule has 1 fully saturated rings. The van der Waals surface area contributed by atoms with Crippen LogP contribution in [-0.2, 0) is 17.8 Å². The molecule has 2 aromatic rings. The molecule has 4 nitrogen and oxygen atoms in total. The third kappa shape index (κ3) is 4.25. The van der Waals surface area contributed by atoms with Gasteiger partial charge in [0.2, 0.25) is 0 Å². The Balaban J connectivity index is 1.51. The van der Waals surface area contributed by atoms with Crippen molar-refractivity contribution in [3.05, 3.63) is 65.7 Å². The van der Waals surface area contributed by atoms with Gasteiger partial charge in [0.15, 0.2) is 0 Å². The Morgan fingerprint density at radius 3 is 2.35 bits per heavy atom. The zero-order valence-electron chi connectivity index (χ0n) is 13.2. The Labute approximate surface area is 136 Å². The lowest BCUT2D eigenvalue weighted by molar-refractivity contribution is 0.134. The fourth-order valence-corrected chi connectivity index (χ4v) is 2.61. The Hall–Kier alpha value is -2.49. The largest absolute Gasteiger partial charge is 0.497 e. The Bertz CT molecular complexity index is 648. The molecule has 3 rings (SSSR count). The van der Waals surface area contributed by atoms with Crippen LogP contribution >= 0.6 is 0 Å². The molecule has 0 aliphatic heterocycles. The van der Waals surface area contributed by atoms with Crippen molar-refractivity contribution < 1.29 is 14.3 Å². The lowest BCUT2D eigenvalue weighted by atomic mass is 10.0. The van der Waals surface area contributed by atoms with Crippen molar-refractivity contribution in [1.82, 2.24) is 5.32 Å². The van der Waals surface area contributed by atoms with Crippen LogP contribution in [0.25, 0.3) is 0 Å². The zero-order chi connectivity index (χ0) is 16.1. The van der Waals surface area contributed by atoms with E-state index in [0.29, 0.717) is 6.61 Å². The van der Waals surface area contributed by atoms with E-state index in [1.165, 1.54) is 5.56 Å². The maximum Gasteiger partial charge on any atom is 0.407 e. The average molecular weight is 311 g/mol. The van der Waals surface area contributed by atoms with Gasteiger partial charge in [0.05, 0.1) is 7.11 Å². The molecule has 0 unspecified atom stereocenters. The van der Waals surface area contributed by atoms with E-state index in [9.17, 15) is 4.79 Å². The third-order valence-corrected chi connectivity index (χ3v) is 4.14. The minimum atomic E-state index is -0.347. The van der Waals surface area contributed by atoms with Gasteiger partial charge in [-0.3, -0.25) is 0 Å². The second-order valence-corrected chi connectivity index (χ2v) is 5.99. The summed E-state index contributed by atoms with van der Waals surface area (Å²) in [7, 11) is 1.65. The zero-order valence-corrected chi connectivity index (χ0v) is 13.2. The van der Waals surface area contributed by atoms with Crippen molar-refractivity contribution in [3.63, 3.8) is 0 Å². The van der Waals surface area contributed by atoms with Crippen molar-refractivity contribution in [2.24, 2.45) is 0 Å². The molecule has 0 radical (unpaired) electrons. The molecule has 0 saturated heterocycles. The molecule has 0 heterocycles. The van der Waals surface area contributed by atoms with Crippen LogP contribution < -0.4 is 10.1 Å². The van der Waals surface area contributed by atoms with Crippen LogP contribution in [0.1, 0.15) is 24.0 Å². The maximum atomic E-state index is 12.0. The molecule has 1 amide bonds. The lowest BCUT2D eigenvalue weighted by Crippen LogP contribution is -2.38. The van der Waals surface area contributed by atoms with Crippen LogP contribution in [0.15, 0.2) is 54.6 Å². The Morgan fingerprint density at radius 1 is 1.04 bits per heavy atom. The van der Waals surface area contributed by atoms with Crippen LogP contribution in [0.2, 0.25) is 0 Å². The van der Waals surface area contributed by atoms with Gasteiger partial charge in [-0.25, -0.2) is 4.79 Å². The number of hydrogen-bond donors (Lipinski definition) is 1. The summed E-state index contributed by atoms with van der Waals surface area (Å²) < 4.78 is 10.5. The number of carbonyl (C=O) groups is 1. The molecule has 0 bridgehead atoms. The van der Waals surface area contributed by atoms with Gasteiger partial charge in [-0.1, -0.05) is 42.5 Å². The van der Waals surface area contributed by atoms with Crippen molar-refractivity contribution >= 4 is 6.09 Å². The summed E-state index contributed by atoms with van der Waals surface area (Å²) >= 11 is 0. The van der Waals surface area contributed by atoms with Crippen molar-refractivity contribution in [3.8, 4) is 5.75 Å². The first-order chi connectivity index (χ1) is 11.2. The number of carbonyl (C=O) groups excluding carboxylic acids is 1. The molecule has 4 heteroatoms. The predicted molar refractivity (Wildman–Crippen MR) is 88.4 cm³/mol. The smallest absolute Gasteiger partial charge is 0.407 e. The molecule has 1 N–H and O–H groups in total. The number of alkyl carbamates (subject to hydrolysis) is 1. The summed E-state index contributed by atoms with van der Waals surface area (Å²) in [4.78, 5) is 12.0. The first kappa shape index (κ1) is 15.4. The molecule has 0 atom stereocenters. The highest BCUT2D eigenvalue weighted by Gasteiger charge is 2.44. The predicted octanol–water partition coefficient (Wildman–Crippen LogP) is 3.70. The molecule has 120 valence electrons. The molecule has 1 aliphatic carbocycles. The summed E-state index contributed by atoms with van der Waals surface area (Å²) in [6.45, 7) is 0.297. The van der Waals surface area contributed by atoms with Crippen molar-refractivity contribution in [2.45, 2.75) is 31.4 Å². The molecular weight excluding hydrogens is 290 g/mol. The van der Waals surface area contributed by atoms with Gasteiger partial charge in [0.25, 0.3) is 0 Å². The molecule has 23 heavy (non-hydrogen) atoms. The van der Waals surface area contributed by atoms with E-state index in [0.717, 1.165) is 30.6 Å². The standard InChI is InChI=1S/C19H21NO3/c1-22-17-9-7-15(8-10-17)13-19(11-12-19)20-18(21)23-14-16-5-3-2-4-6-16/h2-10H,11-14H2,1H3,(H,20,21). The van der Waals surface area contributed by atoms with Gasteiger partial charge < -0.3 is 14.8 Å². The van der Waals surface area contributed by atoms with Gasteiger partial charge >= 0.3 is 6.09 Å². The fraction of sp³-hybridized carbons (Fsp3) is 0.316. The van der Waals surface area contributed by atoms with E-state index in [1.54, 1.807) is 7.11 Å². The topological polar surface area (TPSA) is 47.6 Å². The van der Waals surface area contributed by atoms with Crippen LogP contribution in [0.3, 0.4) is 0 Å². The highest BCUT2D eigenvalue weighted by atomic mass is 16.5. The second-order valence-electron chi connectivity index (χ2n) is 5.99. The minimum absolute atomic E-state index is 0.150. The van der Waals surface area contributed by atoms with E-state index < -0.39 is 0 Å². The van der Waals surface area contributed by atoms with Crippen molar-refractivity contribution in [2.75, 3.05) is 7.11 Å². The minimum Gasteiger partial charge on any atom is -0.497 e. The lowest BCUT2D eigenvalue weighted by Gasteiger charge is -2.17. The summed E-state index contributed by atoms with van der Waals surface area (Å²) in [5, 5.41) is 3.02. The number of nitrogens with one attached hydrogen (secondary N) is 1. The second kappa shape index (κ2) is 6.73. The fourth-order valence-electron chi connectivity index (χ4n) is 2.61.